The molecule has 1 aliphatic heterocycles. The number of aromatic amines is 1. The second-order valence-electron chi connectivity index (χ2n) is 10.1. The molecular formula is C28H23F6N7O4. The summed E-state index contributed by atoms with van der Waals surface area (Å²) in [7, 11) is 3.48. The fraction of sp³-hybridized carbons (Fsp3) is 0.250. The van der Waals surface area contributed by atoms with E-state index in [0.717, 1.165) is 22.7 Å². The normalized spacial score (nSPS) is 15.0. The molecule has 6 rings (SSSR count). The van der Waals surface area contributed by atoms with E-state index in [9.17, 15) is 31.1 Å². The van der Waals surface area contributed by atoms with Crippen LogP contribution in [0.15, 0.2) is 48.8 Å². The van der Waals surface area contributed by atoms with Crippen LogP contribution >= 0.6 is 0 Å². The molecule has 0 bridgehead atoms. The van der Waals surface area contributed by atoms with Crippen LogP contribution in [0, 0.1) is 0 Å². The Kier molecular flexibility index (Phi) is 7.90. The Bertz CT molecular complexity index is 1930. The van der Waals surface area contributed by atoms with Crippen LogP contribution in [0.3, 0.4) is 0 Å². The number of aliphatic carboxylic acids is 1. The number of amides is 1. The van der Waals surface area contributed by atoms with Crippen molar-refractivity contribution in [1.29, 1.82) is 0 Å². The van der Waals surface area contributed by atoms with E-state index in [2.05, 4.69) is 15.2 Å². The van der Waals surface area contributed by atoms with Gasteiger partial charge in [0.15, 0.2) is 0 Å². The molecule has 4 heterocycles. The molecule has 5 aromatic rings. The molecule has 0 saturated heterocycles. The molecule has 17 heteroatoms. The zero-order valence-corrected chi connectivity index (χ0v) is 23.4. The van der Waals surface area contributed by atoms with Gasteiger partial charge < -0.3 is 20.5 Å². The van der Waals surface area contributed by atoms with Crippen LogP contribution in [0.25, 0.3) is 32.9 Å². The molecule has 45 heavy (non-hydrogen) atoms. The van der Waals surface area contributed by atoms with Crippen LogP contribution in [0.2, 0.25) is 0 Å². The van der Waals surface area contributed by atoms with Crippen LogP contribution < -0.4 is 5.73 Å². The van der Waals surface area contributed by atoms with Gasteiger partial charge in [0.05, 0.1) is 48.1 Å². The number of aryl methyl sites for hydroxylation is 1. The number of nitrogens with one attached hydrogen (secondary N) is 1. The summed E-state index contributed by atoms with van der Waals surface area (Å²) in [5, 5.41) is 18.5. The molecule has 0 aliphatic carbocycles. The highest BCUT2D eigenvalue weighted by molar-refractivity contribution is 6.10. The zero-order valence-electron chi connectivity index (χ0n) is 23.4. The monoisotopic (exact) mass is 635 g/mol. The summed E-state index contributed by atoms with van der Waals surface area (Å²) >= 11 is 0. The Morgan fingerprint density at radius 1 is 1.09 bits per heavy atom. The number of nitrogens with two attached hydrogens (primary N) is 1. The lowest BCUT2D eigenvalue weighted by atomic mass is 9.93. The minimum absolute atomic E-state index is 0.0428. The molecule has 0 radical (unpaired) electrons. The van der Waals surface area contributed by atoms with Crippen molar-refractivity contribution < 1.29 is 45.8 Å². The number of alkyl halides is 6. The number of nitrogens with zero attached hydrogens (tertiary/aromatic N) is 5. The summed E-state index contributed by atoms with van der Waals surface area (Å²) in [5.74, 6) is -2.63. The summed E-state index contributed by atoms with van der Waals surface area (Å²) in [6.45, 7) is 0.480. The molecule has 0 saturated carbocycles. The van der Waals surface area contributed by atoms with Crippen LogP contribution in [-0.2, 0) is 29.4 Å². The van der Waals surface area contributed by atoms with Gasteiger partial charge in [0.25, 0.3) is 5.91 Å². The van der Waals surface area contributed by atoms with Crippen molar-refractivity contribution in [3.63, 3.8) is 0 Å². The quantitative estimate of drug-likeness (QED) is 0.232. The fourth-order valence-corrected chi connectivity index (χ4v) is 5.07. The van der Waals surface area contributed by atoms with Gasteiger partial charge in [-0.25, -0.2) is 9.78 Å². The number of hydrogen-bond donors (Lipinski definition) is 3. The van der Waals surface area contributed by atoms with Gasteiger partial charge in [-0.3, -0.25) is 14.6 Å². The minimum atomic E-state index is -5.08. The van der Waals surface area contributed by atoms with E-state index >= 15 is 0 Å². The highest BCUT2D eigenvalue weighted by Crippen LogP contribution is 2.38. The van der Waals surface area contributed by atoms with Crippen LogP contribution in [0.5, 0.6) is 0 Å². The number of anilines is 1. The van der Waals surface area contributed by atoms with Crippen molar-refractivity contribution in [1.82, 2.24) is 29.9 Å². The van der Waals surface area contributed by atoms with Gasteiger partial charge in [0.2, 0.25) is 0 Å². The number of carboxylic acids is 1. The molecular weight excluding hydrogens is 612 g/mol. The highest BCUT2D eigenvalue weighted by atomic mass is 19.4. The van der Waals surface area contributed by atoms with E-state index in [0.29, 0.717) is 33.4 Å². The van der Waals surface area contributed by atoms with E-state index in [-0.39, 0.29) is 24.7 Å². The number of nitrogen functional groups attached to an aromatic ring is 1. The Morgan fingerprint density at radius 3 is 2.47 bits per heavy atom. The van der Waals surface area contributed by atoms with E-state index in [1.54, 1.807) is 66.3 Å². The first-order chi connectivity index (χ1) is 21.1. The molecule has 11 nitrogen and oxygen atoms in total. The van der Waals surface area contributed by atoms with Gasteiger partial charge in [-0.2, -0.15) is 36.5 Å². The van der Waals surface area contributed by atoms with Gasteiger partial charge in [0.1, 0.15) is 11.5 Å². The summed E-state index contributed by atoms with van der Waals surface area (Å²) in [5.41, 5.74) is 8.90. The van der Waals surface area contributed by atoms with E-state index in [4.69, 9.17) is 20.4 Å². The number of hydrogen-bond acceptors (Lipinski definition) is 7. The largest absolute Gasteiger partial charge is 0.490 e. The number of carboxylic acid groups (broad SMARTS) is 1. The van der Waals surface area contributed by atoms with E-state index < -0.39 is 30.1 Å². The first-order valence-electron chi connectivity index (χ1n) is 13.0. The highest BCUT2D eigenvalue weighted by Gasteiger charge is 2.38. The smallest absolute Gasteiger partial charge is 0.475 e. The van der Waals surface area contributed by atoms with Gasteiger partial charge >= 0.3 is 18.3 Å². The molecule has 1 amide bonds. The van der Waals surface area contributed by atoms with Gasteiger partial charge in [-0.05, 0) is 41.0 Å². The number of ether oxygens (including phenoxy) is 1. The van der Waals surface area contributed by atoms with Crippen molar-refractivity contribution in [2.45, 2.75) is 25.0 Å². The average molecular weight is 636 g/mol. The second kappa shape index (κ2) is 11.4. The molecule has 2 aromatic carbocycles. The number of likely N-dealkylation sites (N-methyl/N-ethyl adjacent to an activating group) is 1. The topological polar surface area (TPSA) is 152 Å². The lowest BCUT2D eigenvalue weighted by Crippen LogP contribution is -2.36. The van der Waals surface area contributed by atoms with Crippen LogP contribution in [-0.4, -0.2) is 66.7 Å². The third kappa shape index (κ3) is 5.98. The fourth-order valence-electron chi connectivity index (χ4n) is 5.07. The maximum absolute atomic E-state index is 13.6. The number of halogens is 6. The molecule has 1 unspecified atom stereocenters. The number of rotatable bonds is 3. The molecule has 1 atom stereocenters. The minimum Gasteiger partial charge on any atom is -0.475 e. The van der Waals surface area contributed by atoms with Crippen molar-refractivity contribution in [3.05, 3.63) is 71.2 Å². The van der Waals surface area contributed by atoms with E-state index in [1.807, 2.05) is 5.10 Å². The van der Waals surface area contributed by atoms with Crippen molar-refractivity contribution in [3.8, 4) is 11.1 Å². The molecule has 236 valence electrons. The first-order valence-corrected chi connectivity index (χ1v) is 13.0. The molecule has 0 spiro atoms. The van der Waals surface area contributed by atoms with E-state index in [1.165, 1.54) is 0 Å². The molecule has 3 aromatic heterocycles. The molecule has 1 aliphatic rings. The Balaban J connectivity index is 0.000000515. The summed E-state index contributed by atoms with van der Waals surface area (Å²) in [6.07, 6.45) is -6.85. The molecule has 4 N–H and O–H groups in total. The van der Waals surface area contributed by atoms with Crippen LogP contribution in [0.4, 0.5) is 32.2 Å². The van der Waals surface area contributed by atoms with Crippen molar-refractivity contribution >= 4 is 39.5 Å². The number of carbonyl (C=O) groups is 2. The number of carbonyl (C=O) groups excluding carboxylic acids is 1. The van der Waals surface area contributed by atoms with Crippen LogP contribution in [0.1, 0.15) is 33.2 Å². The van der Waals surface area contributed by atoms with Crippen molar-refractivity contribution in [2.75, 3.05) is 19.4 Å². The number of aromatic nitrogens is 5. The SMILES string of the molecule is CN(C(=O)c1ccc2nc(N)c3cnn(C)c3c2c1)C1COCc2cc(-c3cn[nH]c3C(F)(F)F)ccc21.O=C(O)C(F)(F)F. The average Bonchev–Trinajstić information content (AvgIpc) is 3.64. The standard InChI is InChI=1S/C26H22F3N7O2.C2HF3O2/c1-35(25(37)14-4-6-20-17(8-14)22-19(24(30)33-20)10-32-36(22)2)21-12-38-11-15-7-13(3-5-16(15)21)18-9-31-34-23(18)26(27,28)29;3-2(4,5)1(6)7/h3-10,21H,11-12H2,1-2H3,(H2,30,33)(H,31,34);(H,6,7). The predicted molar refractivity (Wildman–Crippen MR) is 148 cm³/mol. The second-order valence-corrected chi connectivity index (χ2v) is 10.1. The number of benzene rings is 2. The summed E-state index contributed by atoms with van der Waals surface area (Å²) in [4.78, 5) is 28.5. The van der Waals surface area contributed by atoms with Gasteiger partial charge in [0, 0.05) is 30.6 Å². The Morgan fingerprint density at radius 2 is 1.80 bits per heavy atom. The lowest BCUT2D eigenvalue weighted by molar-refractivity contribution is -0.192. The lowest BCUT2D eigenvalue weighted by Gasteiger charge is -2.33. The summed E-state index contributed by atoms with van der Waals surface area (Å²) < 4.78 is 79.3. The number of pyridine rings is 1. The number of fused-ring (bicyclic) bond motifs is 4. The number of H-pyrrole nitrogens is 1. The first kappa shape index (κ1) is 31.2. The third-order valence-electron chi connectivity index (χ3n) is 7.25. The van der Waals surface area contributed by atoms with Crippen molar-refractivity contribution in [2.24, 2.45) is 7.05 Å². The zero-order chi connectivity index (χ0) is 32.8. The van der Waals surface area contributed by atoms with Gasteiger partial charge in [-0.15, -0.1) is 0 Å². The maximum atomic E-state index is 13.6. The summed E-state index contributed by atoms with van der Waals surface area (Å²) in [6, 6.07) is 9.81. The Hall–Kier alpha value is -5.19. The third-order valence-corrected chi connectivity index (χ3v) is 7.25. The van der Waals surface area contributed by atoms with Gasteiger partial charge in [-0.1, -0.05) is 12.1 Å². The maximum Gasteiger partial charge on any atom is 0.490 e. The predicted octanol–water partition coefficient (Wildman–Crippen LogP) is 5.09. The Labute approximate surface area is 249 Å². The molecule has 0 fully saturated rings.